The van der Waals surface area contributed by atoms with Crippen LogP contribution in [0.15, 0.2) is 48.7 Å². The van der Waals surface area contributed by atoms with Crippen molar-refractivity contribution >= 4 is 35.0 Å². The number of hydrogen-bond donors (Lipinski definition) is 3. The summed E-state index contributed by atoms with van der Waals surface area (Å²) in [7, 11) is 0. The van der Waals surface area contributed by atoms with Crippen LogP contribution >= 0.6 is 0 Å². The van der Waals surface area contributed by atoms with Gasteiger partial charge in [0.05, 0.1) is 5.92 Å². The minimum atomic E-state index is -0.354. The number of aryl methyl sites for hydroxylation is 3. The molecule has 1 aromatic carbocycles. The van der Waals surface area contributed by atoms with Crippen LogP contribution in [0, 0.1) is 26.7 Å². The molecule has 1 unspecified atom stereocenters. The Labute approximate surface area is 199 Å². The van der Waals surface area contributed by atoms with Crippen molar-refractivity contribution in [2.75, 3.05) is 35.2 Å². The number of nitrogens with one attached hydrogen (secondary N) is 3. The molecule has 3 aromatic rings. The van der Waals surface area contributed by atoms with Gasteiger partial charge in [0.2, 0.25) is 11.8 Å². The van der Waals surface area contributed by atoms with Gasteiger partial charge in [-0.1, -0.05) is 17.7 Å². The molecule has 3 N–H and O–H groups in total. The third-order valence-corrected chi connectivity index (χ3v) is 5.58. The predicted molar refractivity (Wildman–Crippen MR) is 132 cm³/mol. The van der Waals surface area contributed by atoms with Gasteiger partial charge in [0.25, 0.3) is 0 Å². The zero-order valence-corrected chi connectivity index (χ0v) is 19.6. The number of pyridine rings is 1. The highest BCUT2D eigenvalue weighted by atomic mass is 16.2. The molecule has 3 heterocycles. The van der Waals surface area contributed by atoms with Crippen LogP contribution in [-0.2, 0) is 9.59 Å². The SMILES string of the molecule is Cc1ccc(N2CC(C(=O)NCCNc3cc(Nc4cc(C)ccn4)nc(C)n3)CC2=O)cc1. The molecule has 0 aliphatic carbocycles. The van der Waals surface area contributed by atoms with Gasteiger partial charge in [0, 0.05) is 44.0 Å². The zero-order chi connectivity index (χ0) is 24.1. The fourth-order valence-electron chi connectivity index (χ4n) is 3.84. The Kier molecular flexibility index (Phi) is 7.01. The van der Waals surface area contributed by atoms with Crippen LogP contribution in [0.2, 0.25) is 0 Å². The molecule has 34 heavy (non-hydrogen) atoms. The van der Waals surface area contributed by atoms with Crippen LogP contribution < -0.4 is 20.9 Å². The number of carbonyl (C=O) groups is 2. The van der Waals surface area contributed by atoms with Gasteiger partial charge < -0.3 is 20.9 Å². The molecular formula is C25H29N7O2. The second kappa shape index (κ2) is 10.3. The monoisotopic (exact) mass is 459 g/mol. The molecule has 176 valence electrons. The molecule has 1 aliphatic rings. The van der Waals surface area contributed by atoms with E-state index in [1.54, 1.807) is 17.2 Å². The van der Waals surface area contributed by atoms with Crippen molar-refractivity contribution in [3.05, 3.63) is 65.6 Å². The van der Waals surface area contributed by atoms with Gasteiger partial charge in [-0.05, 0) is 50.6 Å². The van der Waals surface area contributed by atoms with Gasteiger partial charge in [0.1, 0.15) is 23.3 Å². The quantitative estimate of drug-likeness (QED) is 0.444. The summed E-state index contributed by atoms with van der Waals surface area (Å²) in [4.78, 5) is 39.8. The molecule has 1 fully saturated rings. The highest BCUT2D eigenvalue weighted by Crippen LogP contribution is 2.25. The molecule has 4 rings (SSSR count). The first-order chi connectivity index (χ1) is 16.4. The second-order valence-electron chi connectivity index (χ2n) is 8.49. The number of nitrogens with zero attached hydrogens (tertiary/aromatic N) is 4. The third kappa shape index (κ3) is 5.86. The van der Waals surface area contributed by atoms with Crippen LogP contribution in [0.25, 0.3) is 0 Å². The lowest BCUT2D eigenvalue weighted by Crippen LogP contribution is -2.35. The van der Waals surface area contributed by atoms with Gasteiger partial charge >= 0.3 is 0 Å². The zero-order valence-electron chi connectivity index (χ0n) is 19.6. The number of hydrogen-bond acceptors (Lipinski definition) is 7. The molecule has 1 saturated heterocycles. The lowest BCUT2D eigenvalue weighted by Gasteiger charge is -2.17. The largest absolute Gasteiger partial charge is 0.368 e. The number of aromatic nitrogens is 3. The molecule has 1 atom stereocenters. The first kappa shape index (κ1) is 23.2. The fraction of sp³-hybridized carbons (Fsp3) is 0.320. The van der Waals surface area contributed by atoms with Crippen molar-refractivity contribution in [1.29, 1.82) is 0 Å². The lowest BCUT2D eigenvalue weighted by atomic mass is 10.1. The Morgan fingerprint density at radius 2 is 1.74 bits per heavy atom. The van der Waals surface area contributed by atoms with E-state index in [4.69, 9.17) is 0 Å². The summed E-state index contributed by atoms with van der Waals surface area (Å²) >= 11 is 0. The summed E-state index contributed by atoms with van der Waals surface area (Å²) in [6, 6.07) is 13.4. The molecule has 2 aromatic heterocycles. The number of anilines is 4. The van der Waals surface area contributed by atoms with Gasteiger partial charge in [-0.2, -0.15) is 0 Å². The summed E-state index contributed by atoms with van der Waals surface area (Å²) in [5.41, 5.74) is 3.06. The van der Waals surface area contributed by atoms with E-state index < -0.39 is 0 Å². The minimum absolute atomic E-state index is 0.0262. The highest BCUT2D eigenvalue weighted by Gasteiger charge is 2.34. The van der Waals surface area contributed by atoms with Crippen molar-refractivity contribution < 1.29 is 9.59 Å². The van der Waals surface area contributed by atoms with Crippen LogP contribution in [0.3, 0.4) is 0 Å². The van der Waals surface area contributed by atoms with E-state index in [1.165, 1.54) is 0 Å². The standard InChI is InChI=1S/C25H29N7O2/c1-16-4-6-20(7-5-16)32-15-19(13-24(32)33)25(34)28-11-10-27-22-14-23(30-18(3)29-22)31-21-12-17(2)8-9-26-21/h4-9,12,14,19H,10-11,13,15H2,1-3H3,(H,28,34)(H2,26,27,29,30,31). The smallest absolute Gasteiger partial charge is 0.227 e. The van der Waals surface area contributed by atoms with E-state index in [2.05, 4.69) is 30.9 Å². The van der Waals surface area contributed by atoms with Crippen molar-refractivity contribution in [2.45, 2.75) is 27.2 Å². The Bertz CT molecular complexity index is 1180. The van der Waals surface area contributed by atoms with E-state index in [1.807, 2.05) is 57.2 Å². The third-order valence-electron chi connectivity index (χ3n) is 5.58. The number of amides is 2. The summed E-state index contributed by atoms with van der Waals surface area (Å²) in [5.74, 6) is 2.12. The molecule has 9 heteroatoms. The second-order valence-corrected chi connectivity index (χ2v) is 8.49. The van der Waals surface area contributed by atoms with Gasteiger partial charge in [0.15, 0.2) is 0 Å². The van der Waals surface area contributed by atoms with Gasteiger partial charge in [-0.25, -0.2) is 15.0 Å². The topological polar surface area (TPSA) is 112 Å². The minimum Gasteiger partial charge on any atom is -0.368 e. The predicted octanol–water partition coefficient (Wildman–Crippen LogP) is 3.12. The molecular weight excluding hydrogens is 430 g/mol. The Hall–Kier alpha value is -4.01. The molecule has 1 aliphatic heterocycles. The molecule has 2 amide bonds. The van der Waals surface area contributed by atoms with E-state index in [9.17, 15) is 9.59 Å². The van der Waals surface area contributed by atoms with Crippen LogP contribution in [0.1, 0.15) is 23.4 Å². The molecule has 0 bridgehead atoms. The van der Waals surface area contributed by atoms with E-state index in [0.29, 0.717) is 42.9 Å². The first-order valence-electron chi connectivity index (χ1n) is 11.3. The maximum absolute atomic E-state index is 12.6. The van der Waals surface area contributed by atoms with Crippen LogP contribution in [-0.4, -0.2) is 46.4 Å². The molecule has 0 saturated carbocycles. The summed E-state index contributed by atoms with van der Waals surface area (Å²) in [6.07, 6.45) is 1.96. The van der Waals surface area contributed by atoms with Gasteiger partial charge in [-0.3, -0.25) is 9.59 Å². The maximum atomic E-state index is 12.6. The van der Waals surface area contributed by atoms with E-state index in [0.717, 1.165) is 16.8 Å². The average molecular weight is 460 g/mol. The van der Waals surface area contributed by atoms with Crippen molar-refractivity contribution in [1.82, 2.24) is 20.3 Å². The number of carbonyl (C=O) groups excluding carboxylic acids is 2. The first-order valence-corrected chi connectivity index (χ1v) is 11.3. The van der Waals surface area contributed by atoms with Gasteiger partial charge in [-0.15, -0.1) is 0 Å². The molecule has 0 radical (unpaired) electrons. The molecule has 9 nitrogen and oxygen atoms in total. The summed E-state index contributed by atoms with van der Waals surface area (Å²) < 4.78 is 0. The summed E-state index contributed by atoms with van der Waals surface area (Å²) in [6.45, 7) is 7.13. The molecule has 0 spiro atoms. The van der Waals surface area contributed by atoms with Crippen molar-refractivity contribution in [3.8, 4) is 0 Å². The van der Waals surface area contributed by atoms with Crippen LogP contribution in [0.4, 0.5) is 23.1 Å². The Balaban J connectivity index is 1.26. The normalized spacial score (nSPS) is 15.3. The van der Waals surface area contributed by atoms with E-state index in [-0.39, 0.29) is 24.2 Å². The fourth-order valence-corrected chi connectivity index (χ4v) is 3.84. The number of rotatable bonds is 8. The van der Waals surface area contributed by atoms with Crippen molar-refractivity contribution in [2.24, 2.45) is 5.92 Å². The Morgan fingerprint density at radius 3 is 2.50 bits per heavy atom. The number of benzene rings is 1. The Morgan fingerprint density at radius 1 is 0.971 bits per heavy atom. The van der Waals surface area contributed by atoms with Crippen LogP contribution in [0.5, 0.6) is 0 Å². The lowest BCUT2D eigenvalue weighted by molar-refractivity contribution is -0.126. The average Bonchev–Trinajstić information content (AvgIpc) is 3.18. The van der Waals surface area contributed by atoms with Crippen molar-refractivity contribution in [3.63, 3.8) is 0 Å². The van der Waals surface area contributed by atoms with E-state index >= 15 is 0 Å². The maximum Gasteiger partial charge on any atom is 0.227 e. The highest BCUT2D eigenvalue weighted by molar-refractivity contribution is 6.00. The summed E-state index contributed by atoms with van der Waals surface area (Å²) in [5, 5.41) is 9.32.